The first-order valence-corrected chi connectivity index (χ1v) is 8.58. The molecule has 0 atom stereocenters. The fourth-order valence-electron chi connectivity index (χ4n) is 2.22. The van der Waals surface area contributed by atoms with Crippen molar-refractivity contribution in [3.63, 3.8) is 0 Å². The molecular weight excluding hydrogens is 340 g/mol. The van der Waals surface area contributed by atoms with Crippen molar-refractivity contribution in [3.05, 3.63) is 69.6 Å². The van der Waals surface area contributed by atoms with Crippen LogP contribution in [0.25, 0.3) is 11.0 Å². The SMILES string of the molecule is CCOc1ccccc1/C=C/C(=O)OCc1cc(=O)n2ccsc2n1. The molecule has 1 aromatic carbocycles. The number of ether oxygens (including phenoxy) is 2. The highest BCUT2D eigenvalue weighted by Gasteiger charge is 2.06. The minimum absolute atomic E-state index is 0.0556. The van der Waals surface area contributed by atoms with Gasteiger partial charge in [0.2, 0.25) is 0 Å². The van der Waals surface area contributed by atoms with Gasteiger partial charge in [-0.05, 0) is 19.1 Å². The number of hydrogen-bond donors (Lipinski definition) is 0. The normalized spacial score (nSPS) is 11.1. The van der Waals surface area contributed by atoms with Crippen molar-refractivity contribution < 1.29 is 14.3 Å². The van der Waals surface area contributed by atoms with E-state index >= 15 is 0 Å². The van der Waals surface area contributed by atoms with Gasteiger partial charge in [0.1, 0.15) is 12.4 Å². The number of hydrogen-bond acceptors (Lipinski definition) is 6. The van der Waals surface area contributed by atoms with Gasteiger partial charge in [0.05, 0.1) is 12.3 Å². The lowest BCUT2D eigenvalue weighted by molar-refractivity contribution is -0.139. The summed E-state index contributed by atoms with van der Waals surface area (Å²) in [6.45, 7) is 2.39. The standard InChI is InChI=1S/C18H16N2O4S/c1-2-23-15-6-4-3-5-13(15)7-8-17(22)24-12-14-11-16(21)20-9-10-25-18(20)19-14/h3-11H,2,12H2,1H3/b8-7+. The molecule has 0 unspecified atom stereocenters. The molecule has 6 nitrogen and oxygen atoms in total. The van der Waals surface area contributed by atoms with E-state index in [0.717, 1.165) is 5.56 Å². The zero-order valence-corrected chi connectivity index (χ0v) is 14.4. The van der Waals surface area contributed by atoms with Crippen LogP contribution in [-0.2, 0) is 16.1 Å². The van der Waals surface area contributed by atoms with Crippen LogP contribution in [0.4, 0.5) is 0 Å². The van der Waals surface area contributed by atoms with Crippen LogP contribution in [0, 0.1) is 0 Å². The second-order valence-corrected chi connectivity index (χ2v) is 5.93. The van der Waals surface area contributed by atoms with E-state index < -0.39 is 5.97 Å². The molecule has 3 aromatic rings. The summed E-state index contributed by atoms with van der Waals surface area (Å²) in [6, 6.07) is 8.78. The summed E-state index contributed by atoms with van der Waals surface area (Å²) in [6.07, 6.45) is 4.62. The van der Waals surface area contributed by atoms with Gasteiger partial charge in [-0.15, -0.1) is 11.3 Å². The van der Waals surface area contributed by atoms with E-state index in [-0.39, 0.29) is 12.2 Å². The van der Waals surface area contributed by atoms with E-state index in [1.54, 1.807) is 17.7 Å². The second-order valence-electron chi connectivity index (χ2n) is 5.05. The largest absolute Gasteiger partial charge is 0.493 e. The van der Waals surface area contributed by atoms with Gasteiger partial charge in [-0.1, -0.05) is 18.2 Å². The Morgan fingerprint density at radius 3 is 3.04 bits per heavy atom. The number of para-hydroxylation sites is 1. The summed E-state index contributed by atoms with van der Waals surface area (Å²) < 4.78 is 12.1. The molecule has 3 rings (SSSR count). The van der Waals surface area contributed by atoms with Crippen LogP contribution in [0.2, 0.25) is 0 Å². The molecule has 0 saturated heterocycles. The first-order chi connectivity index (χ1) is 12.2. The number of fused-ring (bicyclic) bond motifs is 1. The van der Waals surface area contributed by atoms with Gasteiger partial charge in [0, 0.05) is 29.3 Å². The number of thiazole rings is 1. The quantitative estimate of drug-likeness (QED) is 0.502. The molecule has 0 saturated carbocycles. The van der Waals surface area contributed by atoms with Gasteiger partial charge in [0.15, 0.2) is 4.96 Å². The van der Waals surface area contributed by atoms with Crippen LogP contribution >= 0.6 is 11.3 Å². The Hall–Kier alpha value is -2.93. The van der Waals surface area contributed by atoms with E-state index in [0.29, 0.717) is 23.0 Å². The summed E-state index contributed by atoms with van der Waals surface area (Å²) in [4.78, 5) is 28.6. The number of carbonyl (C=O) groups excluding carboxylic acids is 1. The molecule has 0 aliphatic carbocycles. The molecule has 25 heavy (non-hydrogen) atoms. The van der Waals surface area contributed by atoms with Crippen LogP contribution in [-0.4, -0.2) is 22.0 Å². The molecule has 7 heteroatoms. The summed E-state index contributed by atoms with van der Waals surface area (Å²) in [5.74, 6) is 0.186. The molecular formula is C18H16N2O4S. The zero-order chi connectivity index (χ0) is 17.6. The first-order valence-electron chi connectivity index (χ1n) is 7.70. The van der Waals surface area contributed by atoms with Crippen molar-refractivity contribution in [3.8, 4) is 5.75 Å². The number of nitrogens with zero attached hydrogens (tertiary/aromatic N) is 2. The van der Waals surface area contributed by atoms with Crippen LogP contribution in [0.5, 0.6) is 5.75 Å². The Balaban J connectivity index is 1.65. The number of benzene rings is 1. The van der Waals surface area contributed by atoms with Crippen molar-refractivity contribution in [2.75, 3.05) is 6.61 Å². The number of aromatic nitrogens is 2. The average molecular weight is 356 g/mol. The lowest BCUT2D eigenvalue weighted by atomic mass is 10.2. The third-order valence-electron chi connectivity index (χ3n) is 3.34. The van der Waals surface area contributed by atoms with E-state index in [1.165, 1.54) is 27.9 Å². The Labute approximate surface area is 148 Å². The lowest BCUT2D eigenvalue weighted by Gasteiger charge is -2.06. The van der Waals surface area contributed by atoms with Crippen molar-refractivity contribution in [2.45, 2.75) is 13.5 Å². The van der Waals surface area contributed by atoms with Crippen molar-refractivity contribution in [1.82, 2.24) is 9.38 Å². The molecule has 0 spiro atoms. The highest BCUT2D eigenvalue weighted by Crippen LogP contribution is 2.19. The number of carbonyl (C=O) groups is 1. The van der Waals surface area contributed by atoms with E-state index in [4.69, 9.17) is 9.47 Å². The zero-order valence-electron chi connectivity index (χ0n) is 13.5. The predicted octanol–water partition coefficient (Wildman–Crippen LogP) is 2.91. The van der Waals surface area contributed by atoms with Gasteiger partial charge >= 0.3 is 5.97 Å². The number of rotatable bonds is 6. The molecule has 0 radical (unpaired) electrons. The highest BCUT2D eigenvalue weighted by atomic mass is 32.1. The van der Waals surface area contributed by atoms with Crippen molar-refractivity contribution in [2.24, 2.45) is 0 Å². The van der Waals surface area contributed by atoms with Crippen LogP contribution in [0.15, 0.2) is 52.8 Å². The summed E-state index contributed by atoms with van der Waals surface area (Å²) in [7, 11) is 0. The summed E-state index contributed by atoms with van der Waals surface area (Å²) in [5.41, 5.74) is 1.01. The second kappa shape index (κ2) is 7.76. The Morgan fingerprint density at radius 2 is 2.20 bits per heavy atom. The lowest BCUT2D eigenvalue weighted by Crippen LogP contribution is -2.14. The maximum atomic E-state index is 11.9. The van der Waals surface area contributed by atoms with Gasteiger partial charge < -0.3 is 9.47 Å². The predicted molar refractivity (Wildman–Crippen MR) is 95.8 cm³/mol. The molecule has 2 heterocycles. The Kier molecular flexibility index (Phi) is 5.25. The molecule has 0 aliphatic heterocycles. The molecule has 2 aromatic heterocycles. The van der Waals surface area contributed by atoms with Gasteiger partial charge in [0.25, 0.3) is 5.56 Å². The molecule has 0 amide bonds. The molecule has 128 valence electrons. The third kappa shape index (κ3) is 4.13. The van der Waals surface area contributed by atoms with Crippen molar-refractivity contribution >= 4 is 28.3 Å². The molecule has 0 bridgehead atoms. The minimum Gasteiger partial charge on any atom is -0.493 e. The smallest absolute Gasteiger partial charge is 0.331 e. The fourth-order valence-corrected chi connectivity index (χ4v) is 2.96. The third-order valence-corrected chi connectivity index (χ3v) is 4.09. The highest BCUT2D eigenvalue weighted by molar-refractivity contribution is 7.15. The topological polar surface area (TPSA) is 69.9 Å². The van der Waals surface area contributed by atoms with E-state index in [9.17, 15) is 9.59 Å². The Bertz CT molecular complexity index is 974. The maximum absolute atomic E-state index is 11.9. The van der Waals surface area contributed by atoms with E-state index in [2.05, 4.69) is 4.98 Å². The molecule has 0 aliphatic rings. The number of esters is 1. The minimum atomic E-state index is -0.514. The van der Waals surface area contributed by atoms with Crippen LogP contribution < -0.4 is 10.3 Å². The first kappa shape index (κ1) is 16.9. The van der Waals surface area contributed by atoms with Gasteiger partial charge in [-0.2, -0.15) is 0 Å². The average Bonchev–Trinajstić information content (AvgIpc) is 3.09. The fraction of sp³-hybridized carbons (Fsp3) is 0.167. The summed E-state index contributed by atoms with van der Waals surface area (Å²) >= 11 is 1.35. The molecule has 0 fully saturated rings. The van der Waals surface area contributed by atoms with Gasteiger partial charge in [-0.3, -0.25) is 9.20 Å². The van der Waals surface area contributed by atoms with E-state index in [1.807, 2.05) is 31.2 Å². The van der Waals surface area contributed by atoms with Crippen molar-refractivity contribution in [1.29, 1.82) is 0 Å². The summed E-state index contributed by atoms with van der Waals surface area (Å²) in [5, 5.41) is 1.78. The van der Waals surface area contributed by atoms with Gasteiger partial charge in [-0.25, -0.2) is 9.78 Å². The Morgan fingerprint density at radius 1 is 1.36 bits per heavy atom. The van der Waals surface area contributed by atoms with Crippen LogP contribution in [0.3, 0.4) is 0 Å². The van der Waals surface area contributed by atoms with Crippen LogP contribution in [0.1, 0.15) is 18.2 Å². The maximum Gasteiger partial charge on any atom is 0.331 e. The molecule has 0 N–H and O–H groups in total. The monoisotopic (exact) mass is 356 g/mol.